The van der Waals surface area contributed by atoms with Crippen LogP contribution in [0.2, 0.25) is 0 Å². The van der Waals surface area contributed by atoms with E-state index < -0.39 is 10.8 Å². The lowest BCUT2D eigenvalue weighted by atomic mass is 9.79. The lowest BCUT2D eigenvalue weighted by Crippen LogP contribution is -2.49. The molecule has 0 saturated carbocycles. The van der Waals surface area contributed by atoms with Crippen molar-refractivity contribution in [3.63, 3.8) is 0 Å². The van der Waals surface area contributed by atoms with E-state index in [0.717, 1.165) is 53.7 Å². The molecule has 1 aromatic heterocycles. The van der Waals surface area contributed by atoms with Gasteiger partial charge in [0.05, 0.1) is 5.41 Å². The minimum atomic E-state index is -0.665. The molecule has 3 aromatic rings. The second-order valence-electron chi connectivity index (χ2n) is 12.6. The fourth-order valence-corrected chi connectivity index (χ4v) is 6.91. The van der Waals surface area contributed by atoms with Gasteiger partial charge in [-0.3, -0.25) is 14.4 Å². The maximum absolute atomic E-state index is 14.1. The first-order chi connectivity index (χ1) is 20.7. The van der Waals surface area contributed by atoms with Crippen molar-refractivity contribution in [2.24, 2.45) is 5.41 Å². The highest BCUT2D eigenvalue weighted by atomic mass is 16.2. The van der Waals surface area contributed by atoms with Gasteiger partial charge in [0.2, 0.25) is 17.7 Å². The lowest BCUT2D eigenvalue weighted by Gasteiger charge is -2.40. The number of hydrogen-bond donors (Lipinski definition) is 3. The van der Waals surface area contributed by atoms with Gasteiger partial charge in [0.15, 0.2) is 0 Å². The van der Waals surface area contributed by atoms with Crippen molar-refractivity contribution < 1.29 is 14.4 Å². The molecule has 3 aliphatic rings. The summed E-state index contributed by atoms with van der Waals surface area (Å²) in [5.41, 5.74) is 4.69. The maximum atomic E-state index is 14.1. The Morgan fingerprint density at radius 1 is 1.02 bits per heavy atom. The van der Waals surface area contributed by atoms with Gasteiger partial charge in [-0.1, -0.05) is 43.3 Å². The largest absolute Gasteiger partial charge is 0.329 e. The number of nitrogens with one attached hydrogen (secondary N) is 3. The number of piperidine rings is 1. The highest BCUT2D eigenvalue weighted by Crippen LogP contribution is 2.47. The van der Waals surface area contributed by atoms with E-state index in [2.05, 4.69) is 38.9 Å². The van der Waals surface area contributed by atoms with Crippen LogP contribution >= 0.6 is 0 Å². The summed E-state index contributed by atoms with van der Waals surface area (Å²) in [4.78, 5) is 49.0. The van der Waals surface area contributed by atoms with Gasteiger partial charge in [-0.15, -0.1) is 0 Å². The Labute approximate surface area is 253 Å². The highest BCUT2D eigenvalue weighted by molar-refractivity contribution is 6.06. The first-order valence-corrected chi connectivity index (χ1v) is 15.1. The first-order valence-electron chi connectivity index (χ1n) is 15.1. The van der Waals surface area contributed by atoms with Crippen LogP contribution in [0.25, 0.3) is 0 Å². The van der Waals surface area contributed by atoms with Crippen molar-refractivity contribution in [1.82, 2.24) is 20.1 Å². The molecule has 0 unspecified atom stereocenters. The van der Waals surface area contributed by atoms with Crippen LogP contribution in [-0.4, -0.2) is 66.2 Å². The van der Waals surface area contributed by atoms with Crippen molar-refractivity contribution >= 4 is 29.2 Å². The maximum Gasteiger partial charge on any atom is 0.244 e. The fourth-order valence-electron chi connectivity index (χ4n) is 6.91. The van der Waals surface area contributed by atoms with E-state index in [-0.39, 0.29) is 24.3 Å². The average molecular weight is 581 g/mol. The normalized spacial score (nSPS) is 20.4. The number of pyridine rings is 1. The van der Waals surface area contributed by atoms with Crippen LogP contribution in [0.15, 0.2) is 60.8 Å². The van der Waals surface area contributed by atoms with Crippen molar-refractivity contribution in [2.45, 2.75) is 51.1 Å². The summed E-state index contributed by atoms with van der Waals surface area (Å²) in [5, 5.41) is 9.20. The smallest absolute Gasteiger partial charge is 0.244 e. The Morgan fingerprint density at radius 2 is 1.77 bits per heavy atom. The van der Waals surface area contributed by atoms with E-state index >= 15 is 0 Å². The third kappa shape index (κ3) is 5.55. The molecular weight excluding hydrogens is 540 g/mol. The van der Waals surface area contributed by atoms with Crippen molar-refractivity contribution in [2.75, 3.05) is 44.4 Å². The van der Waals surface area contributed by atoms with E-state index in [1.807, 2.05) is 62.5 Å². The molecule has 1 atom stereocenters. The molecular formula is C34H40N6O3. The van der Waals surface area contributed by atoms with Gasteiger partial charge >= 0.3 is 0 Å². The van der Waals surface area contributed by atoms with Gasteiger partial charge in [-0.05, 0) is 93.3 Å². The zero-order valence-corrected chi connectivity index (χ0v) is 25.2. The molecule has 2 aromatic carbocycles. The van der Waals surface area contributed by atoms with E-state index in [1.165, 1.54) is 0 Å². The summed E-state index contributed by atoms with van der Waals surface area (Å²) in [6.07, 6.45) is 4.36. The Balaban J connectivity index is 1.20. The van der Waals surface area contributed by atoms with E-state index in [4.69, 9.17) is 0 Å². The third-order valence-electron chi connectivity index (χ3n) is 9.54. The molecule has 9 nitrogen and oxygen atoms in total. The molecule has 2 aliphatic heterocycles. The van der Waals surface area contributed by atoms with E-state index in [9.17, 15) is 14.4 Å². The molecule has 3 amide bonds. The van der Waals surface area contributed by atoms with E-state index in [0.29, 0.717) is 37.4 Å². The number of likely N-dealkylation sites (tertiary alicyclic amines) is 1. The SMILES string of the molecule is CNCc1ccccc1CN(CC(=O)Nc1ccc2c(c1)C[C@@]1(C2)C(=O)Nc2ncccc21)C(=O)C1(C)CCN(C)CC1. The summed E-state index contributed by atoms with van der Waals surface area (Å²) < 4.78 is 0. The topological polar surface area (TPSA) is 107 Å². The second-order valence-corrected chi connectivity index (χ2v) is 12.6. The molecule has 6 rings (SSSR count). The number of amides is 3. The summed E-state index contributed by atoms with van der Waals surface area (Å²) in [6.45, 7) is 4.75. The predicted molar refractivity (Wildman–Crippen MR) is 166 cm³/mol. The van der Waals surface area contributed by atoms with Crippen LogP contribution in [0.4, 0.5) is 11.5 Å². The molecule has 224 valence electrons. The number of rotatable bonds is 8. The molecule has 3 heterocycles. The Morgan fingerprint density at radius 3 is 2.53 bits per heavy atom. The lowest BCUT2D eigenvalue weighted by molar-refractivity contribution is -0.146. The number of benzene rings is 2. The van der Waals surface area contributed by atoms with Gasteiger partial charge in [0, 0.05) is 36.0 Å². The molecule has 0 bridgehead atoms. The number of carbonyl (C=O) groups excluding carboxylic acids is 3. The second kappa shape index (κ2) is 11.5. The van der Waals surface area contributed by atoms with Crippen LogP contribution < -0.4 is 16.0 Å². The van der Waals surface area contributed by atoms with Crippen molar-refractivity contribution in [3.05, 3.63) is 88.6 Å². The van der Waals surface area contributed by atoms with Gasteiger partial charge in [-0.25, -0.2) is 4.98 Å². The zero-order chi connectivity index (χ0) is 30.2. The molecule has 1 spiro atoms. The standard InChI is InChI=1S/C34H40N6O3/c1-33(12-15-39(3)16-13-33)32(43)40(21-25-8-5-4-7-24(25)20-35-2)22-29(41)37-27-11-10-23-18-34(19-26(23)17-27)28-9-6-14-36-30(28)38-31(34)42/h4-11,14,17,35H,12-13,15-16,18-22H2,1-3H3,(H,37,41)(H,36,38,42)/t34-/m1/s1. The third-order valence-corrected chi connectivity index (χ3v) is 9.54. The molecule has 1 saturated heterocycles. The predicted octanol–water partition coefficient (Wildman–Crippen LogP) is 3.49. The minimum absolute atomic E-state index is 0.0189. The number of aromatic nitrogens is 1. The van der Waals surface area contributed by atoms with Crippen molar-refractivity contribution in [3.8, 4) is 0 Å². The first kappa shape index (κ1) is 29.0. The van der Waals surface area contributed by atoms with Crippen LogP contribution in [0.5, 0.6) is 0 Å². The molecule has 3 N–H and O–H groups in total. The molecule has 1 fully saturated rings. The zero-order valence-electron chi connectivity index (χ0n) is 25.2. The molecule has 0 radical (unpaired) electrons. The number of fused-ring (bicyclic) bond motifs is 3. The quantitative estimate of drug-likeness (QED) is 0.377. The van der Waals surface area contributed by atoms with Crippen LogP contribution in [0, 0.1) is 5.41 Å². The van der Waals surface area contributed by atoms with Gasteiger partial charge in [0.25, 0.3) is 0 Å². The number of nitrogens with zero attached hydrogens (tertiary/aromatic N) is 3. The molecule has 9 heteroatoms. The molecule has 43 heavy (non-hydrogen) atoms. The summed E-state index contributed by atoms with van der Waals surface area (Å²) in [5.74, 6) is 0.383. The Bertz CT molecular complexity index is 1560. The van der Waals surface area contributed by atoms with Crippen LogP contribution in [0.3, 0.4) is 0 Å². The van der Waals surface area contributed by atoms with Crippen LogP contribution in [-0.2, 0) is 45.7 Å². The van der Waals surface area contributed by atoms with E-state index in [1.54, 1.807) is 11.1 Å². The molecule has 1 aliphatic carbocycles. The fraction of sp³-hybridized carbons (Fsp3) is 0.412. The monoisotopic (exact) mass is 580 g/mol. The Hall–Kier alpha value is -4.08. The highest BCUT2D eigenvalue weighted by Gasteiger charge is 2.51. The average Bonchev–Trinajstić information content (AvgIpc) is 3.51. The number of carbonyl (C=O) groups is 3. The van der Waals surface area contributed by atoms with Gasteiger partial charge in [-0.2, -0.15) is 0 Å². The van der Waals surface area contributed by atoms with Crippen LogP contribution in [0.1, 0.15) is 47.6 Å². The summed E-state index contributed by atoms with van der Waals surface area (Å²) >= 11 is 0. The summed E-state index contributed by atoms with van der Waals surface area (Å²) in [6, 6.07) is 17.8. The number of hydrogen-bond acceptors (Lipinski definition) is 6. The van der Waals surface area contributed by atoms with Gasteiger partial charge < -0.3 is 25.8 Å². The van der Waals surface area contributed by atoms with Gasteiger partial charge in [0.1, 0.15) is 12.4 Å². The number of anilines is 2. The Kier molecular flexibility index (Phi) is 7.79. The minimum Gasteiger partial charge on any atom is -0.329 e. The summed E-state index contributed by atoms with van der Waals surface area (Å²) in [7, 11) is 3.98. The van der Waals surface area contributed by atoms with Crippen molar-refractivity contribution in [1.29, 1.82) is 0 Å².